The molecule has 0 saturated carbocycles. The van der Waals surface area contributed by atoms with Crippen LogP contribution < -0.4 is 5.32 Å². The van der Waals surface area contributed by atoms with Crippen molar-refractivity contribution >= 4 is 59.7 Å². The molecule has 0 spiro atoms. The van der Waals surface area contributed by atoms with Crippen molar-refractivity contribution in [1.82, 2.24) is 5.32 Å². The van der Waals surface area contributed by atoms with Crippen molar-refractivity contribution in [1.29, 1.82) is 0 Å². The summed E-state index contributed by atoms with van der Waals surface area (Å²) in [5.74, 6) is -0.777. The van der Waals surface area contributed by atoms with Crippen LogP contribution in [0, 0.1) is 0 Å². The van der Waals surface area contributed by atoms with Gasteiger partial charge in [-0.15, -0.1) is 0 Å². The molecule has 1 amide bonds. The molecule has 4 nitrogen and oxygen atoms in total. The molecule has 1 N–H and O–H groups in total. The van der Waals surface area contributed by atoms with E-state index in [0.29, 0.717) is 5.57 Å². The number of carbonyl (C=O) groups is 2. The van der Waals surface area contributed by atoms with Crippen LogP contribution in [0.1, 0.15) is 6.92 Å². The Morgan fingerprint density at radius 1 is 1.40 bits per heavy atom. The molecule has 0 fully saturated rings. The molecule has 0 atom stereocenters. The van der Waals surface area contributed by atoms with E-state index in [1.165, 1.54) is 0 Å². The minimum absolute atomic E-state index is 0.112. The molecule has 0 heterocycles. The van der Waals surface area contributed by atoms with Gasteiger partial charge in [0.2, 0.25) is 2.14 Å². The third-order valence-electron chi connectivity index (χ3n) is 1.23. The quantitative estimate of drug-likeness (QED) is 0.336. The minimum Gasteiger partial charge on any atom is -0.460 e. The first kappa shape index (κ1) is 15.1. The van der Waals surface area contributed by atoms with E-state index in [4.69, 9.17) is 4.74 Å². The second-order valence-electron chi connectivity index (χ2n) is 2.67. The first-order chi connectivity index (χ1) is 6.75. The number of ether oxygens (including phenoxy) is 1. The number of alkyl halides is 3. The van der Waals surface area contributed by atoms with Gasteiger partial charge in [0.05, 0.1) is 6.54 Å². The summed E-state index contributed by atoms with van der Waals surface area (Å²) in [7, 11) is 0. The van der Waals surface area contributed by atoms with Crippen LogP contribution in [0.5, 0.6) is 0 Å². The van der Waals surface area contributed by atoms with Crippen LogP contribution in [-0.2, 0) is 14.3 Å². The standard InChI is InChI=1S/C8H10Br3NO3/c1-5(2)6(13)15-4-3-12-7(14)8(9,10)11/h1,3-4H2,2H3,(H,12,14). The van der Waals surface area contributed by atoms with Crippen LogP contribution in [0.25, 0.3) is 0 Å². The van der Waals surface area contributed by atoms with Crippen molar-refractivity contribution in [2.24, 2.45) is 0 Å². The largest absolute Gasteiger partial charge is 0.460 e. The lowest BCUT2D eigenvalue weighted by Gasteiger charge is -2.12. The molecule has 7 heteroatoms. The Hall–Kier alpha value is 0.120. The maximum Gasteiger partial charge on any atom is 0.333 e. The van der Waals surface area contributed by atoms with Gasteiger partial charge in [0.15, 0.2) is 0 Å². The van der Waals surface area contributed by atoms with Gasteiger partial charge in [0.1, 0.15) is 6.61 Å². The van der Waals surface area contributed by atoms with Crippen molar-refractivity contribution < 1.29 is 14.3 Å². The van der Waals surface area contributed by atoms with Gasteiger partial charge < -0.3 is 10.1 Å². The highest BCUT2D eigenvalue weighted by Gasteiger charge is 2.27. The summed E-state index contributed by atoms with van der Waals surface area (Å²) >= 11 is 9.14. The van der Waals surface area contributed by atoms with Gasteiger partial charge in [-0.05, 0) is 54.7 Å². The maximum absolute atomic E-state index is 11.2. The highest BCUT2D eigenvalue weighted by molar-refractivity contribution is 9.40. The van der Waals surface area contributed by atoms with Crippen molar-refractivity contribution in [3.05, 3.63) is 12.2 Å². The molecule has 0 aromatic carbocycles. The molecule has 0 rings (SSSR count). The van der Waals surface area contributed by atoms with E-state index in [1.54, 1.807) is 6.92 Å². The Morgan fingerprint density at radius 3 is 2.33 bits per heavy atom. The zero-order valence-corrected chi connectivity index (χ0v) is 12.7. The van der Waals surface area contributed by atoms with E-state index in [-0.39, 0.29) is 19.1 Å². The zero-order valence-electron chi connectivity index (χ0n) is 7.98. The molecular weight excluding hydrogens is 398 g/mol. The Labute approximate surface area is 113 Å². The molecule has 0 aromatic rings. The van der Waals surface area contributed by atoms with E-state index in [2.05, 4.69) is 59.7 Å². The molecule has 0 radical (unpaired) electrons. The lowest BCUT2D eigenvalue weighted by molar-refractivity contribution is -0.139. The lowest BCUT2D eigenvalue weighted by atomic mass is 10.4. The number of nitrogens with one attached hydrogen (secondary N) is 1. The summed E-state index contributed by atoms with van der Waals surface area (Å²) in [6.45, 7) is 5.33. The zero-order chi connectivity index (χ0) is 12.1. The molecule has 0 saturated heterocycles. The van der Waals surface area contributed by atoms with E-state index in [9.17, 15) is 9.59 Å². The average Bonchev–Trinajstić information content (AvgIpc) is 2.09. The number of esters is 1. The summed E-state index contributed by atoms with van der Waals surface area (Å²) in [5.41, 5.74) is 0.331. The highest BCUT2D eigenvalue weighted by atomic mass is 80.0. The lowest BCUT2D eigenvalue weighted by Crippen LogP contribution is -2.35. The van der Waals surface area contributed by atoms with Gasteiger partial charge in [-0.3, -0.25) is 4.79 Å². The van der Waals surface area contributed by atoms with Crippen LogP contribution in [0.15, 0.2) is 12.2 Å². The normalized spacial score (nSPS) is 10.7. The smallest absolute Gasteiger partial charge is 0.333 e. The van der Waals surface area contributed by atoms with Gasteiger partial charge in [-0.2, -0.15) is 0 Å². The van der Waals surface area contributed by atoms with Gasteiger partial charge in [0.25, 0.3) is 5.91 Å². The predicted octanol–water partition coefficient (Wildman–Crippen LogP) is 2.06. The van der Waals surface area contributed by atoms with E-state index < -0.39 is 8.11 Å². The minimum atomic E-state index is -0.981. The van der Waals surface area contributed by atoms with Crippen molar-refractivity contribution in [3.8, 4) is 0 Å². The summed E-state index contributed by atoms with van der Waals surface area (Å²) in [6.07, 6.45) is 0. The molecule has 0 aliphatic rings. The highest BCUT2D eigenvalue weighted by Crippen LogP contribution is 2.33. The van der Waals surface area contributed by atoms with Crippen LogP contribution in [-0.4, -0.2) is 27.2 Å². The summed E-state index contributed by atoms with van der Waals surface area (Å²) < 4.78 is 3.79. The Kier molecular flexibility index (Phi) is 6.70. The predicted molar refractivity (Wildman–Crippen MR) is 68.3 cm³/mol. The third-order valence-corrected chi connectivity index (χ3v) is 2.31. The Bertz CT molecular complexity index is 273. The molecule has 86 valence electrons. The fourth-order valence-electron chi connectivity index (χ4n) is 0.532. The number of rotatable bonds is 4. The van der Waals surface area contributed by atoms with Gasteiger partial charge in [-0.1, -0.05) is 6.58 Å². The SMILES string of the molecule is C=C(C)C(=O)OCCNC(=O)C(Br)(Br)Br. The van der Waals surface area contributed by atoms with Crippen LogP contribution in [0.3, 0.4) is 0 Å². The van der Waals surface area contributed by atoms with Crippen LogP contribution >= 0.6 is 47.8 Å². The Balaban J connectivity index is 3.69. The second kappa shape index (κ2) is 6.65. The first-order valence-corrected chi connectivity index (χ1v) is 6.30. The molecule has 0 unspecified atom stereocenters. The summed E-state index contributed by atoms with van der Waals surface area (Å²) in [6, 6.07) is 0. The molecule has 0 aliphatic heterocycles. The third kappa shape index (κ3) is 7.08. The number of hydrogen-bond donors (Lipinski definition) is 1. The molecule has 0 aromatic heterocycles. The molecular formula is C8H10Br3NO3. The molecule has 0 bridgehead atoms. The van der Waals surface area contributed by atoms with Gasteiger partial charge in [0, 0.05) is 5.57 Å². The number of halogens is 3. The van der Waals surface area contributed by atoms with Gasteiger partial charge in [-0.25, -0.2) is 4.79 Å². The number of amides is 1. The summed E-state index contributed by atoms with van der Waals surface area (Å²) in [5, 5.41) is 2.53. The summed E-state index contributed by atoms with van der Waals surface area (Å²) in [4.78, 5) is 22.2. The Morgan fingerprint density at radius 2 is 1.93 bits per heavy atom. The monoisotopic (exact) mass is 405 g/mol. The molecule has 15 heavy (non-hydrogen) atoms. The average molecular weight is 408 g/mol. The van der Waals surface area contributed by atoms with Crippen LogP contribution in [0.4, 0.5) is 0 Å². The van der Waals surface area contributed by atoms with E-state index in [1.807, 2.05) is 0 Å². The molecule has 0 aliphatic carbocycles. The number of carbonyl (C=O) groups excluding carboxylic acids is 2. The van der Waals surface area contributed by atoms with Crippen molar-refractivity contribution in [2.45, 2.75) is 9.07 Å². The van der Waals surface area contributed by atoms with Crippen molar-refractivity contribution in [3.63, 3.8) is 0 Å². The fraction of sp³-hybridized carbons (Fsp3) is 0.500. The van der Waals surface area contributed by atoms with E-state index in [0.717, 1.165) is 0 Å². The topological polar surface area (TPSA) is 55.4 Å². The number of hydrogen-bond acceptors (Lipinski definition) is 3. The van der Waals surface area contributed by atoms with Crippen molar-refractivity contribution in [2.75, 3.05) is 13.2 Å². The fourth-order valence-corrected chi connectivity index (χ4v) is 0.952. The van der Waals surface area contributed by atoms with Crippen LogP contribution in [0.2, 0.25) is 0 Å². The second-order valence-corrected chi connectivity index (χ2v) is 9.43. The van der Waals surface area contributed by atoms with Gasteiger partial charge >= 0.3 is 5.97 Å². The van der Waals surface area contributed by atoms with E-state index >= 15 is 0 Å². The maximum atomic E-state index is 11.2. The first-order valence-electron chi connectivity index (χ1n) is 3.93.